The second-order valence-corrected chi connectivity index (χ2v) is 6.99. The van der Waals surface area contributed by atoms with Gasteiger partial charge in [0.2, 0.25) is 0 Å². The summed E-state index contributed by atoms with van der Waals surface area (Å²) >= 11 is 3.57. The van der Waals surface area contributed by atoms with E-state index >= 15 is 0 Å². The van der Waals surface area contributed by atoms with Crippen LogP contribution in [0.15, 0.2) is 51.9 Å². The molecule has 140 valence electrons. The van der Waals surface area contributed by atoms with Crippen molar-refractivity contribution in [1.82, 2.24) is 9.47 Å². The van der Waals surface area contributed by atoms with Gasteiger partial charge in [0.05, 0.1) is 18.2 Å². The van der Waals surface area contributed by atoms with Gasteiger partial charge in [0.15, 0.2) is 0 Å². The summed E-state index contributed by atoms with van der Waals surface area (Å²) in [4.78, 5) is 27.0. The highest BCUT2D eigenvalue weighted by Crippen LogP contribution is 2.28. The van der Waals surface area contributed by atoms with Gasteiger partial charge in [0.1, 0.15) is 0 Å². The van der Waals surface area contributed by atoms with E-state index in [1.54, 1.807) is 19.4 Å². The molecule has 2 rings (SSSR count). The van der Waals surface area contributed by atoms with Crippen LogP contribution in [0, 0.1) is 0 Å². The van der Waals surface area contributed by atoms with Crippen LogP contribution < -0.4 is 5.56 Å². The lowest BCUT2D eigenvalue weighted by atomic mass is 10.1. The number of pyridine rings is 1. The maximum Gasteiger partial charge on any atom is 0.255 e. The number of hydrogen-bond donors (Lipinski definition) is 0. The maximum atomic E-state index is 13.2. The van der Waals surface area contributed by atoms with Gasteiger partial charge in [-0.05, 0) is 31.0 Å². The number of nitrogens with zero attached hydrogens (tertiary/aromatic N) is 2. The van der Waals surface area contributed by atoms with E-state index in [2.05, 4.69) is 15.9 Å². The van der Waals surface area contributed by atoms with Crippen molar-refractivity contribution in [2.24, 2.45) is 0 Å². The van der Waals surface area contributed by atoms with Crippen molar-refractivity contribution in [3.63, 3.8) is 0 Å². The first kappa shape index (κ1) is 20.4. The molecule has 0 aliphatic heterocycles. The van der Waals surface area contributed by atoms with Gasteiger partial charge >= 0.3 is 0 Å². The Kier molecular flexibility index (Phi) is 7.60. The van der Waals surface area contributed by atoms with E-state index < -0.39 is 0 Å². The molecule has 1 atom stereocenters. The number of carbonyl (C=O) groups excluding carboxylic acids is 1. The van der Waals surface area contributed by atoms with E-state index in [1.165, 1.54) is 10.6 Å². The van der Waals surface area contributed by atoms with E-state index in [9.17, 15) is 9.59 Å². The van der Waals surface area contributed by atoms with Gasteiger partial charge in [-0.15, -0.1) is 0 Å². The van der Waals surface area contributed by atoms with Crippen LogP contribution in [0.25, 0.3) is 0 Å². The number of halogens is 1. The SMILES string of the molecule is CCCN(C(=O)c1ccc(=O)n(CCOC)c1)C(C)c1ccccc1Br. The van der Waals surface area contributed by atoms with Crippen LogP contribution >= 0.6 is 15.9 Å². The Morgan fingerprint density at radius 2 is 2.00 bits per heavy atom. The normalized spacial score (nSPS) is 12.0. The molecular weight excluding hydrogens is 396 g/mol. The Labute approximate surface area is 162 Å². The van der Waals surface area contributed by atoms with Gasteiger partial charge < -0.3 is 14.2 Å². The summed E-state index contributed by atoms with van der Waals surface area (Å²) < 4.78 is 7.53. The largest absolute Gasteiger partial charge is 0.383 e. The fourth-order valence-corrected chi connectivity index (χ4v) is 3.50. The molecule has 26 heavy (non-hydrogen) atoms. The van der Waals surface area contributed by atoms with Crippen molar-refractivity contribution in [3.05, 3.63) is 68.5 Å². The van der Waals surface area contributed by atoms with E-state index in [4.69, 9.17) is 4.74 Å². The number of hydrogen-bond acceptors (Lipinski definition) is 3. The minimum absolute atomic E-state index is 0.0822. The lowest BCUT2D eigenvalue weighted by Gasteiger charge is -2.30. The van der Waals surface area contributed by atoms with Gasteiger partial charge in [-0.1, -0.05) is 41.1 Å². The van der Waals surface area contributed by atoms with E-state index in [1.807, 2.05) is 43.0 Å². The van der Waals surface area contributed by atoms with Crippen LogP contribution in [0.4, 0.5) is 0 Å². The summed E-state index contributed by atoms with van der Waals surface area (Å²) in [5.74, 6) is -0.0822. The van der Waals surface area contributed by atoms with Crippen molar-refractivity contribution in [2.75, 3.05) is 20.3 Å². The lowest BCUT2D eigenvalue weighted by Crippen LogP contribution is -2.35. The Balaban J connectivity index is 2.34. The zero-order chi connectivity index (χ0) is 19.1. The van der Waals surface area contributed by atoms with Gasteiger partial charge in [-0.3, -0.25) is 9.59 Å². The predicted molar refractivity (Wildman–Crippen MR) is 106 cm³/mol. The molecule has 0 N–H and O–H groups in total. The third-order valence-corrected chi connectivity index (χ3v) is 5.04. The number of benzene rings is 1. The second-order valence-electron chi connectivity index (χ2n) is 6.14. The molecule has 0 bridgehead atoms. The molecule has 6 heteroatoms. The molecule has 1 unspecified atom stereocenters. The second kappa shape index (κ2) is 9.69. The number of aromatic nitrogens is 1. The highest BCUT2D eigenvalue weighted by Gasteiger charge is 2.23. The third-order valence-electron chi connectivity index (χ3n) is 4.31. The van der Waals surface area contributed by atoms with E-state index in [-0.39, 0.29) is 17.5 Å². The summed E-state index contributed by atoms with van der Waals surface area (Å²) in [7, 11) is 1.59. The maximum absolute atomic E-state index is 13.2. The molecule has 1 aromatic heterocycles. The molecule has 1 amide bonds. The summed E-state index contributed by atoms with van der Waals surface area (Å²) in [6, 6.07) is 10.9. The molecule has 1 aromatic carbocycles. The highest BCUT2D eigenvalue weighted by atomic mass is 79.9. The standard InChI is InChI=1S/C20H25BrN2O3/c1-4-11-23(15(2)17-7-5-6-8-18(17)21)20(25)16-9-10-19(24)22(14-16)12-13-26-3/h5-10,14-15H,4,11-13H2,1-3H3. The number of amides is 1. The molecule has 2 aromatic rings. The van der Waals surface area contributed by atoms with Crippen LogP contribution in [0.3, 0.4) is 0 Å². The minimum Gasteiger partial charge on any atom is -0.383 e. The fraction of sp³-hybridized carbons (Fsp3) is 0.400. The molecule has 0 spiro atoms. The molecule has 0 aliphatic carbocycles. The smallest absolute Gasteiger partial charge is 0.255 e. The summed E-state index contributed by atoms with van der Waals surface area (Å²) in [5.41, 5.74) is 1.43. The molecule has 0 saturated heterocycles. The minimum atomic E-state index is -0.139. The Morgan fingerprint density at radius 1 is 1.27 bits per heavy atom. The Morgan fingerprint density at radius 3 is 2.65 bits per heavy atom. The number of methoxy groups -OCH3 is 1. The first-order chi connectivity index (χ1) is 12.5. The average Bonchev–Trinajstić information content (AvgIpc) is 2.65. The number of carbonyl (C=O) groups is 1. The molecule has 0 fully saturated rings. The lowest BCUT2D eigenvalue weighted by molar-refractivity contribution is 0.0689. The first-order valence-corrected chi connectivity index (χ1v) is 9.53. The molecule has 5 nitrogen and oxygen atoms in total. The molecule has 0 aliphatic rings. The first-order valence-electron chi connectivity index (χ1n) is 8.74. The van der Waals surface area contributed by atoms with Crippen molar-refractivity contribution in [1.29, 1.82) is 0 Å². The molecule has 0 radical (unpaired) electrons. The van der Waals surface area contributed by atoms with Crippen LogP contribution in [0.1, 0.15) is 42.2 Å². The van der Waals surface area contributed by atoms with Gasteiger partial charge in [-0.25, -0.2) is 0 Å². The Hall–Kier alpha value is -1.92. The summed E-state index contributed by atoms with van der Waals surface area (Å²) in [6.45, 7) is 5.55. The summed E-state index contributed by atoms with van der Waals surface area (Å²) in [6.07, 6.45) is 2.48. The predicted octanol–water partition coefficient (Wildman–Crippen LogP) is 3.87. The average molecular weight is 421 g/mol. The van der Waals surface area contributed by atoms with Crippen LogP contribution in [-0.4, -0.2) is 35.6 Å². The van der Waals surface area contributed by atoms with Gasteiger partial charge in [0, 0.05) is 36.9 Å². The van der Waals surface area contributed by atoms with Crippen LogP contribution in [-0.2, 0) is 11.3 Å². The number of rotatable bonds is 8. The highest BCUT2D eigenvalue weighted by molar-refractivity contribution is 9.10. The molecular formula is C20H25BrN2O3. The van der Waals surface area contributed by atoms with Gasteiger partial charge in [0.25, 0.3) is 11.5 Å². The monoisotopic (exact) mass is 420 g/mol. The summed E-state index contributed by atoms with van der Waals surface area (Å²) in [5, 5.41) is 0. The zero-order valence-corrected chi connectivity index (χ0v) is 17.0. The van der Waals surface area contributed by atoms with Crippen LogP contribution in [0.2, 0.25) is 0 Å². The van der Waals surface area contributed by atoms with Crippen LogP contribution in [0.5, 0.6) is 0 Å². The molecule has 1 heterocycles. The van der Waals surface area contributed by atoms with Crippen molar-refractivity contribution >= 4 is 21.8 Å². The quantitative estimate of drug-likeness (QED) is 0.650. The van der Waals surface area contributed by atoms with E-state index in [0.717, 1.165) is 16.5 Å². The van der Waals surface area contributed by atoms with E-state index in [0.29, 0.717) is 25.3 Å². The van der Waals surface area contributed by atoms with Crippen molar-refractivity contribution in [3.8, 4) is 0 Å². The van der Waals surface area contributed by atoms with Crippen molar-refractivity contribution in [2.45, 2.75) is 32.9 Å². The third kappa shape index (κ3) is 4.83. The Bertz CT molecular complexity index is 804. The molecule has 0 saturated carbocycles. The fourth-order valence-electron chi connectivity index (χ4n) is 2.88. The zero-order valence-electron chi connectivity index (χ0n) is 15.4. The van der Waals surface area contributed by atoms with Gasteiger partial charge in [-0.2, -0.15) is 0 Å². The topological polar surface area (TPSA) is 51.5 Å². The number of ether oxygens (including phenoxy) is 1. The van der Waals surface area contributed by atoms with Crippen molar-refractivity contribution < 1.29 is 9.53 Å².